The van der Waals surface area contributed by atoms with Crippen LogP contribution in [0.4, 0.5) is 0 Å². The summed E-state index contributed by atoms with van der Waals surface area (Å²) in [5, 5.41) is 115. The van der Waals surface area contributed by atoms with E-state index in [2.05, 4.69) is 0 Å². The highest BCUT2D eigenvalue weighted by Crippen LogP contribution is 2.39. The number of hydrogen-bond acceptors (Lipinski definition) is 21. The second-order valence-corrected chi connectivity index (χ2v) is 14.8. The quantitative estimate of drug-likeness (QED) is 0.0616. The first-order valence-electron chi connectivity index (χ1n) is 19.1. The van der Waals surface area contributed by atoms with Gasteiger partial charge in [0, 0.05) is 23.8 Å². The van der Waals surface area contributed by atoms with Crippen LogP contribution in [0.25, 0.3) is 28.4 Å². The molecule has 11 N–H and O–H groups in total. The fraction of sp³-hybridized carbons (Fsp3) is 0.415. The predicted molar refractivity (Wildman–Crippen MR) is 206 cm³/mol. The van der Waals surface area contributed by atoms with Crippen molar-refractivity contribution in [2.24, 2.45) is 0 Å². The zero-order valence-corrected chi connectivity index (χ0v) is 32.4. The minimum Gasteiger partial charge on any atom is -0.508 e. The molecule has 0 amide bonds. The number of aliphatic hydroxyl groups excluding tert-OH is 8. The largest absolute Gasteiger partial charge is 0.508 e. The number of phenolic OH excluding ortho intramolecular Hbond substituents is 3. The maximum atomic E-state index is 14.3. The molecule has 4 heterocycles. The highest BCUT2D eigenvalue weighted by Gasteiger charge is 2.50. The number of carbonyl (C=O) groups is 1. The Morgan fingerprint density at radius 3 is 2.08 bits per heavy atom. The summed E-state index contributed by atoms with van der Waals surface area (Å²) < 4.78 is 45.6. The first kappa shape index (κ1) is 44.6. The molecule has 334 valence electrons. The van der Waals surface area contributed by atoms with Crippen molar-refractivity contribution in [1.29, 1.82) is 0 Å². The van der Waals surface area contributed by atoms with Crippen LogP contribution in [-0.2, 0) is 28.5 Å². The molecule has 3 fully saturated rings. The molecule has 0 unspecified atom stereocenters. The number of benzene rings is 3. The lowest BCUT2D eigenvalue weighted by Gasteiger charge is -2.44. The lowest BCUT2D eigenvalue weighted by atomic mass is 9.98. The predicted octanol–water partition coefficient (Wildman–Crippen LogP) is -1.31. The molecule has 3 saturated heterocycles. The number of aromatic hydroxyl groups is 3. The molecule has 0 spiro atoms. The van der Waals surface area contributed by atoms with Gasteiger partial charge in [-0.25, -0.2) is 4.79 Å². The first-order valence-corrected chi connectivity index (χ1v) is 19.1. The van der Waals surface area contributed by atoms with E-state index in [0.717, 1.165) is 18.2 Å². The van der Waals surface area contributed by atoms with Gasteiger partial charge in [0.05, 0.1) is 12.7 Å². The van der Waals surface area contributed by atoms with Crippen molar-refractivity contribution in [2.45, 2.75) is 92.9 Å². The third-order valence-electron chi connectivity index (χ3n) is 10.4. The van der Waals surface area contributed by atoms with Gasteiger partial charge in [0.25, 0.3) is 0 Å². The van der Waals surface area contributed by atoms with Crippen molar-refractivity contribution < 1.29 is 98.5 Å². The van der Waals surface area contributed by atoms with Crippen molar-refractivity contribution in [2.75, 3.05) is 13.2 Å². The molecule has 62 heavy (non-hydrogen) atoms. The number of ether oxygens (including phenoxy) is 7. The van der Waals surface area contributed by atoms with Crippen LogP contribution < -0.4 is 14.9 Å². The average Bonchev–Trinajstić information content (AvgIpc) is 3.24. The molecule has 21 heteroatoms. The van der Waals surface area contributed by atoms with Crippen LogP contribution >= 0.6 is 0 Å². The van der Waals surface area contributed by atoms with E-state index >= 15 is 0 Å². The highest BCUT2D eigenvalue weighted by molar-refractivity contribution is 5.88. The number of rotatable bonds is 11. The molecule has 3 aliphatic rings. The molecular weight excluding hydrogens is 828 g/mol. The van der Waals surface area contributed by atoms with E-state index in [9.17, 15) is 65.8 Å². The number of carbonyl (C=O) groups excluding carboxylic acids is 1. The fourth-order valence-electron chi connectivity index (χ4n) is 6.89. The van der Waals surface area contributed by atoms with Crippen molar-refractivity contribution in [3.8, 4) is 40.1 Å². The Morgan fingerprint density at radius 2 is 1.39 bits per heavy atom. The van der Waals surface area contributed by atoms with E-state index in [-0.39, 0.29) is 34.2 Å². The van der Waals surface area contributed by atoms with Gasteiger partial charge in [-0.15, -0.1) is 0 Å². The smallest absolute Gasteiger partial charge is 0.330 e. The minimum absolute atomic E-state index is 0.0145. The van der Waals surface area contributed by atoms with Crippen molar-refractivity contribution in [1.82, 2.24) is 0 Å². The van der Waals surface area contributed by atoms with Crippen LogP contribution in [0.1, 0.15) is 12.5 Å². The second kappa shape index (κ2) is 18.5. The molecule has 14 atom stereocenters. The molecule has 21 nitrogen and oxygen atoms in total. The fourth-order valence-corrected chi connectivity index (χ4v) is 6.89. The molecule has 7 rings (SSSR count). The van der Waals surface area contributed by atoms with Crippen LogP contribution in [0.5, 0.6) is 28.7 Å². The van der Waals surface area contributed by atoms with Crippen LogP contribution in [0.15, 0.2) is 76.0 Å². The second-order valence-electron chi connectivity index (χ2n) is 14.8. The molecule has 1 aromatic heterocycles. The van der Waals surface area contributed by atoms with Crippen molar-refractivity contribution in [3.63, 3.8) is 0 Å². The van der Waals surface area contributed by atoms with E-state index in [4.69, 9.17) is 37.6 Å². The summed E-state index contributed by atoms with van der Waals surface area (Å²) >= 11 is 0. The first-order chi connectivity index (χ1) is 29.5. The third kappa shape index (κ3) is 9.34. The summed E-state index contributed by atoms with van der Waals surface area (Å²) in [6.45, 7) is 0.176. The van der Waals surface area contributed by atoms with Gasteiger partial charge < -0.3 is 93.7 Å². The molecular formula is C41H44O21. The summed E-state index contributed by atoms with van der Waals surface area (Å²) in [5.74, 6) is -2.97. The van der Waals surface area contributed by atoms with Crippen molar-refractivity contribution >= 4 is 23.0 Å². The number of hydrogen-bond donors (Lipinski definition) is 11. The van der Waals surface area contributed by atoms with E-state index < -0.39 is 128 Å². The molecule has 3 aliphatic heterocycles. The molecule has 4 aromatic rings. The van der Waals surface area contributed by atoms with Crippen LogP contribution in [0.2, 0.25) is 0 Å². The van der Waals surface area contributed by atoms with Gasteiger partial charge in [0.15, 0.2) is 18.2 Å². The Hall–Kier alpha value is -5.40. The Balaban J connectivity index is 1.15. The summed E-state index contributed by atoms with van der Waals surface area (Å²) in [6, 6.07) is 13.2. The highest BCUT2D eigenvalue weighted by atomic mass is 16.8. The number of aliphatic hydroxyl groups is 8. The van der Waals surface area contributed by atoms with Crippen LogP contribution in [0.3, 0.4) is 0 Å². The van der Waals surface area contributed by atoms with Gasteiger partial charge in [0.2, 0.25) is 23.8 Å². The summed E-state index contributed by atoms with van der Waals surface area (Å²) in [6.07, 6.45) is -21.3. The molecule has 0 aliphatic carbocycles. The van der Waals surface area contributed by atoms with Crippen LogP contribution in [0, 0.1) is 0 Å². The van der Waals surface area contributed by atoms with E-state index in [1.54, 1.807) is 0 Å². The molecule has 0 saturated carbocycles. The van der Waals surface area contributed by atoms with Crippen LogP contribution in [-0.4, -0.2) is 161 Å². The van der Waals surface area contributed by atoms with Gasteiger partial charge in [-0.1, -0.05) is 12.1 Å². The monoisotopic (exact) mass is 872 g/mol. The molecule has 3 aromatic carbocycles. The Kier molecular flexibility index (Phi) is 13.3. The minimum atomic E-state index is -2.01. The molecule has 0 bridgehead atoms. The summed E-state index contributed by atoms with van der Waals surface area (Å²) in [4.78, 5) is 26.8. The average molecular weight is 873 g/mol. The van der Waals surface area contributed by atoms with Gasteiger partial charge in [-0.3, -0.25) is 4.79 Å². The van der Waals surface area contributed by atoms with Gasteiger partial charge in [-0.2, -0.15) is 0 Å². The maximum Gasteiger partial charge on any atom is 0.330 e. The lowest BCUT2D eigenvalue weighted by molar-refractivity contribution is -0.348. The van der Waals surface area contributed by atoms with E-state index in [1.807, 2.05) is 0 Å². The standard InChI is InChI=1S/C41H44O21/c1-16-28(47)32(51)34(53)39(57-16)58-21-12-22(44)27-24(13-21)59-36(18-5-9-20(43)10-6-18)37(31(27)50)61-41-38(29(48)23(45)14-56-41)62-40-35(54)33(52)30(49)25(60-40)15-55-26(46)11-4-17-2-7-19(42)8-3-17/h2-13,16,23,25,28-30,32-35,38-45,47-49,51-54H,14-15H2,1H3/b11-4+/t16-,23+,25-,28-,29-,30+,32+,33-,34-,35+,38+,39-,40+,41-/m0/s1. The number of esters is 1. The van der Waals surface area contributed by atoms with E-state index in [0.29, 0.717) is 5.56 Å². The number of fused-ring (bicyclic) bond motifs is 1. The third-order valence-corrected chi connectivity index (χ3v) is 10.4. The van der Waals surface area contributed by atoms with Gasteiger partial charge >= 0.3 is 5.97 Å². The summed E-state index contributed by atoms with van der Waals surface area (Å²) in [5.41, 5.74) is -0.670. The molecule has 0 radical (unpaired) electrons. The Morgan fingerprint density at radius 1 is 0.742 bits per heavy atom. The maximum absolute atomic E-state index is 14.3. The topological polar surface area (TPSA) is 334 Å². The van der Waals surface area contributed by atoms with Crippen molar-refractivity contribution in [3.05, 3.63) is 82.5 Å². The Labute approximate surface area is 349 Å². The normalized spacial score (nSPS) is 32.7. The number of phenols is 3. The van der Waals surface area contributed by atoms with Gasteiger partial charge in [-0.05, 0) is 55.0 Å². The van der Waals surface area contributed by atoms with Gasteiger partial charge in [0.1, 0.15) is 95.5 Å². The zero-order valence-electron chi connectivity index (χ0n) is 32.4. The lowest BCUT2D eigenvalue weighted by Crippen LogP contribution is -2.63. The SMILES string of the molecule is C[C@@H]1O[C@@H](Oc2cc(O)c3c(=O)c(O[C@@H]4OC[C@@H](O)[C@H](O)[C@H]4O[C@H]4O[C@@H](COC(=O)/C=C/c5ccc(O)cc5)[C@@H](O)[C@H](O)[C@H]4O)c(-c4ccc(O)cc4)oc3c2)[C@@H](O)[C@H](O)[C@H]1O. The zero-order chi connectivity index (χ0) is 44.6. The summed E-state index contributed by atoms with van der Waals surface area (Å²) in [7, 11) is 0. The van der Waals surface area contributed by atoms with E-state index in [1.165, 1.54) is 61.5 Å². The Bertz CT molecular complexity index is 2280.